The Kier molecular flexibility index (Phi) is 3.38. The molecular weight excluding hydrogens is 229 g/mol. The minimum absolute atomic E-state index is 0.0171. The lowest BCUT2D eigenvalue weighted by molar-refractivity contribution is -0.142. The fourth-order valence-corrected chi connectivity index (χ4v) is 2.30. The lowest BCUT2D eigenvalue weighted by Crippen LogP contribution is -2.30. The summed E-state index contributed by atoms with van der Waals surface area (Å²) in [6.45, 7) is 1.69. The number of halogens is 3. The number of nitrogens with zero attached hydrogens (tertiary/aromatic N) is 2. The normalized spacial score (nSPS) is 19.5. The Labute approximate surface area is 98.5 Å². The summed E-state index contributed by atoms with van der Waals surface area (Å²) in [4.78, 5) is 5.64. The monoisotopic (exact) mass is 244 g/mol. The Balaban J connectivity index is 2.26. The van der Waals surface area contributed by atoms with Crippen LogP contribution in [-0.2, 0) is 6.18 Å². The van der Waals surface area contributed by atoms with Crippen molar-refractivity contribution in [3.05, 3.63) is 29.6 Å². The predicted octanol–water partition coefficient (Wildman–Crippen LogP) is 2.91. The van der Waals surface area contributed by atoms with Crippen LogP contribution in [0.3, 0.4) is 0 Å². The molecule has 0 unspecified atom stereocenters. The standard InChI is InChI=1S/C12H15F3N2/c1-17-7-4-9(5-8-17)10-3-2-6-16-11(10)12(13,14)15/h2-3,6,9H,4-5,7-8H2,1H3. The first kappa shape index (κ1) is 12.4. The van der Waals surface area contributed by atoms with E-state index in [1.165, 1.54) is 6.20 Å². The fourth-order valence-electron chi connectivity index (χ4n) is 2.30. The highest BCUT2D eigenvalue weighted by Crippen LogP contribution is 2.36. The molecule has 0 saturated carbocycles. The third-order valence-electron chi connectivity index (χ3n) is 3.27. The molecule has 0 radical (unpaired) electrons. The highest BCUT2D eigenvalue weighted by Gasteiger charge is 2.37. The van der Waals surface area contributed by atoms with Crippen molar-refractivity contribution in [2.45, 2.75) is 24.9 Å². The average Bonchev–Trinajstić information content (AvgIpc) is 2.29. The molecule has 1 aromatic rings. The quantitative estimate of drug-likeness (QED) is 0.755. The summed E-state index contributed by atoms with van der Waals surface area (Å²) in [6.07, 6.45) is -1.60. The molecule has 2 heterocycles. The molecule has 1 aliphatic rings. The van der Waals surface area contributed by atoms with E-state index in [0.29, 0.717) is 5.56 Å². The van der Waals surface area contributed by atoms with Crippen molar-refractivity contribution >= 4 is 0 Å². The summed E-state index contributed by atoms with van der Waals surface area (Å²) >= 11 is 0. The Bertz CT molecular complexity index is 382. The van der Waals surface area contributed by atoms with Gasteiger partial charge in [0.2, 0.25) is 0 Å². The molecule has 2 nitrogen and oxygen atoms in total. The molecule has 1 aliphatic heterocycles. The summed E-state index contributed by atoms with van der Waals surface area (Å²) < 4.78 is 38.4. The van der Waals surface area contributed by atoms with E-state index in [-0.39, 0.29) is 5.92 Å². The van der Waals surface area contributed by atoms with Crippen molar-refractivity contribution in [2.75, 3.05) is 20.1 Å². The van der Waals surface area contributed by atoms with Gasteiger partial charge in [0.05, 0.1) is 0 Å². The molecule has 0 amide bonds. The number of aromatic nitrogens is 1. The molecule has 1 saturated heterocycles. The first-order valence-corrected chi connectivity index (χ1v) is 5.69. The minimum Gasteiger partial charge on any atom is -0.306 e. The predicted molar refractivity (Wildman–Crippen MR) is 58.7 cm³/mol. The van der Waals surface area contributed by atoms with E-state index in [9.17, 15) is 13.2 Å². The molecule has 0 bridgehead atoms. The molecular formula is C12H15F3N2. The van der Waals surface area contributed by atoms with Crippen molar-refractivity contribution < 1.29 is 13.2 Å². The van der Waals surface area contributed by atoms with Crippen molar-refractivity contribution in [1.29, 1.82) is 0 Å². The first-order valence-electron chi connectivity index (χ1n) is 5.69. The van der Waals surface area contributed by atoms with E-state index in [4.69, 9.17) is 0 Å². The largest absolute Gasteiger partial charge is 0.433 e. The molecule has 5 heteroatoms. The van der Waals surface area contributed by atoms with E-state index in [2.05, 4.69) is 9.88 Å². The van der Waals surface area contributed by atoms with Gasteiger partial charge in [0.1, 0.15) is 5.69 Å². The molecule has 0 aliphatic carbocycles. The van der Waals surface area contributed by atoms with Crippen LogP contribution in [0.2, 0.25) is 0 Å². The van der Waals surface area contributed by atoms with Crippen LogP contribution < -0.4 is 0 Å². The highest BCUT2D eigenvalue weighted by molar-refractivity contribution is 5.27. The lowest BCUT2D eigenvalue weighted by atomic mass is 9.88. The van der Waals surface area contributed by atoms with Gasteiger partial charge < -0.3 is 4.90 Å². The van der Waals surface area contributed by atoms with Gasteiger partial charge in [0.25, 0.3) is 0 Å². The Morgan fingerprint density at radius 2 is 1.94 bits per heavy atom. The summed E-state index contributed by atoms with van der Waals surface area (Å²) in [6, 6.07) is 3.15. The van der Waals surface area contributed by atoms with Crippen LogP contribution in [0.5, 0.6) is 0 Å². The zero-order chi connectivity index (χ0) is 12.5. The molecule has 2 rings (SSSR count). The minimum atomic E-state index is -4.35. The second kappa shape index (κ2) is 4.64. The van der Waals surface area contributed by atoms with Crippen LogP contribution in [-0.4, -0.2) is 30.0 Å². The van der Waals surface area contributed by atoms with Gasteiger partial charge in [-0.05, 0) is 50.5 Å². The number of hydrogen-bond acceptors (Lipinski definition) is 2. The Morgan fingerprint density at radius 3 is 2.53 bits per heavy atom. The molecule has 0 spiro atoms. The van der Waals surface area contributed by atoms with E-state index in [1.807, 2.05) is 7.05 Å². The zero-order valence-corrected chi connectivity index (χ0v) is 9.67. The van der Waals surface area contributed by atoms with Crippen LogP contribution >= 0.6 is 0 Å². The van der Waals surface area contributed by atoms with Gasteiger partial charge in [-0.2, -0.15) is 13.2 Å². The van der Waals surface area contributed by atoms with Gasteiger partial charge in [-0.3, -0.25) is 4.98 Å². The number of likely N-dealkylation sites (tertiary alicyclic amines) is 1. The van der Waals surface area contributed by atoms with E-state index in [1.54, 1.807) is 12.1 Å². The zero-order valence-electron chi connectivity index (χ0n) is 9.67. The van der Waals surface area contributed by atoms with Crippen LogP contribution in [0, 0.1) is 0 Å². The van der Waals surface area contributed by atoms with Crippen LogP contribution in [0.25, 0.3) is 0 Å². The average molecular weight is 244 g/mol. The molecule has 1 fully saturated rings. The van der Waals surface area contributed by atoms with Crippen molar-refractivity contribution in [1.82, 2.24) is 9.88 Å². The first-order chi connectivity index (χ1) is 7.98. The van der Waals surface area contributed by atoms with Gasteiger partial charge in [0, 0.05) is 6.20 Å². The molecule has 0 atom stereocenters. The number of piperidine rings is 1. The lowest BCUT2D eigenvalue weighted by Gasteiger charge is -2.30. The van der Waals surface area contributed by atoms with Crippen LogP contribution in [0.1, 0.15) is 30.0 Å². The topological polar surface area (TPSA) is 16.1 Å². The van der Waals surface area contributed by atoms with E-state index >= 15 is 0 Å². The number of hydrogen-bond donors (Lipinski definition) is 0. The van der Waals surface area contributed by atoms with E-state index in [0.717, 1.165) is 25.9 Å². The third kappa shape index (κ3) is 2.77. The van der Waals surface area contributed by atoms with Crippen molar-refractivity contribution in [3.63, 3.8) is 0 Å². The maximum absolute atomic E-state index is 12.8. The molecule has 0 N–H and O–H groups in total. The maximum Gasteiger partial charge on any atom is 0.433 e. The third-order valence-corrected chi connectivity index (χ3v) is 3.27. The number of pyridine rings is 1. The second-order valence-corrected chi connectivity index (χ2v) is 4.52. The smallest absolute Gasteiger partial charge is 0.306 e. The molecule has 0 aromatic carbocycles. The summed E-state index contributed by atoms with van der Waals surface area (Å²) in [5.74, 6) is -0.0171. The maximum atomic E-state index is 12.8. The summed E-state index contributed by atoms with van der Waals surface area (Å²) in [5.41, 5.74) is -0.359. The van der Waals surface area contributed by atoms with Gasteiger partial charge in [-0.15, -0.1) is 0 Å². The Hall–Kier alpha value is -1.10. The van der Waals surface area contributed by atoms with Gasteiger partial charge in [0.15, 0.2) is 0 Å². The summed E-state index contributed by atoms with van der Waals surface area (Å²) in [7, 11) is 1.99. The van der Waals surface area contributed by atoms with Crippen molar-refractivity contribution in [3.8, 4) is 0 Å². The van der Waals surface area contributed by atoms with Gasteiger partial charge in [-0.1, -0.05) is 6.07 Å². The van der Waals surface area contributed by atoms with E-state index < -0.39 is 11.9 Å². The van der Waals surface area contributed by atoms with Crippen LogP contribution in [0.4, 0.5) is 13.2 Å². The molecule has 94 valence electrons. The van der Waals surface area contributed by atoms with Gasteiger partial charge in [-0.25, -0.2) is 0 Å². The summed E-state index contributed by atoms with van der Waals surface area (Å²) in [5, 5.41) is 0. The second-order valence-electron chi connectivity index (χ2n) is 4.52. The molecule has 17 heavy (non-hydrogen) atoms. The SMILES string of the molecule is CN1CCC(c2cccnc2C(F)(F)F)CC1. The number of alkyl halides is 3. The molecule has 1 aromatic heterocycles. The Morgan fingerprint density at radius 1 is 1.29 bits per heavy atom. The number of rotatable bonds is 1. The fraction of sp³-hybridized carbons (Fsp3) is 0.583. The van der Waals surface area contributed by atoms with Gasteiger partial charge >= 0.3 is 6.18 Å². The van der Waals surface area contributed by atoms with Crippen molar-refractivity contribution in [2.24, 2.45) is 0 Å². The van der Waals surface area contributed by atoms with Crippen LogP contribution in [0.15, 0.2) is 18.3 Å². The highest BCUT2D eigenvalue weighted by atomic mass is 19.4.